The van der Waals surface area contributed by atoms with Crippen LogP contribution in [0.3, 0.4) is 0 Å². The summed E-state index contributed by atoms with van der Waals surface area (Å²) < 4.78 is 43.8. The average Bonchev–Trinajstić information content (AvgIpc) is 2.88. The van der Waals surface area contributed by atoms with Gasteiger partial charge in [-0.25, -0.2) is 4.98 Å². The Bertz CT molecular complexity index is 544. The molecular weight excluding hydrogens is 317 g/mol. The zero-order chi connectivity index (χ0) is 15.8. The highest BCUT2D eigenvalue weighted by molar-refractivity contribution is 6.33. The first kappa shape index (κ1) is 15.9. The summed E-state index contributed by atoms with van der Waals surface area (Å²) in [5.74, 6) is 0.315. The van der Waals surface area contributed by atoms with E-state index in [4.69, 9.17) is 16.3 Å². The predicted molar refractivity (Wildman–Crippen MR) is 78.0 cm³/mol. The largest absolute Gasteiger partial charge is 0.417 e. The first-order valence-electron chi connectivity index (χ1n) is 7.51. The Morgan fingerprint density at radius 1 is 1.32 bits per heavy atom. The van der Waals surface area contributed by atoms with Crippen LogP contribution in [0, 0.1) is 0 Å². The minimum Gasteiger partial charge on any atom is -0.375 e. The van der Waals surface area contributed by atoms with Gasteiger partial charge in [0.2, 0.25) is 0 Å². The van der Waals surface area contributed by atoms with Crippen LogP contribution in [-0.2, 0) is 10.9 Å². The zero-order valence-electron chi connectivity index (χ0n) is 12.0. The molecule has 122 valence electrons. The van der Waals surface area contributed by atoms with Crippen molar-refractivity contribution in [1.29, 1.82) is 0 Å². The standard InChI is InChI=1S/C15H18ClF3N2O/c16-12-7-10(15(17,18)19)9-20-13(12)21-11-3-6-22-14(8-11)4-1-2-5-14/h7,9,11H,1-6,8H2,(H,20,21). The Kier molecular flexibility index (Phi) is 4.25. The maximum Gasteiger partial charge on any atom is 0.417 e. The minimum atomic E-state index is -4.43. The number of nitrogens with one attached hydrogen (secondary N) is 1. The van der Waals surface area contributed by atoms with E-state index in [1.807, 2.05) is 0 Å². The summed E-state index contributed by atoms with van der Waals surface area (Å²) in [7, 11) is 0. The second kappa shape index (κ2) is 5.89. The van der Waals surface area contributed by atoms with Gasteiger partial charge in [-0.2, -0.15) is 13.2 Å². The second-order valence-electron chi connectivity index (χ2n) is 6.12. The van der Waals surface area contributed by atoms with Crippen LogP contribution in [0.25, 0.3) is 0 Å². The first-order valence-corrected chi connectivity index (χ1v) is 7.89. The Morgan fingerprint density at radius 2 is 2.05 bits per heavy atom. The van der Waals surface area contributed by atoms with Gasteiger partial charge >= 0.3 is 6.18 Å². The number of nitrogens with zero attached hydrogens (tertiary/aromatic N) is 1. The first-order chi connectivity index (χ1) is 10.4. The number of pyridine rings is 1. The van der Waals surface area contributed by atoms with Gasteiger partial charge in [-0.05, 0) is 31.7 Å². The van der Waals surface area contributed by atoms with Gasteiger partial charge in [0.05, 0.1) is 16.2 Å². The third-order valence-electron chi connectivity index (χ3n) is 4.52. The fraction of sp³-hybridized carbons (Fsp3) is 0.667. The van der Waals surface area contributed by atoms with E-state index in [0.29, 0.717) is 12.4 Å². The van der Waals surface area contributed by atoms with Crippen molar-refractivity contribution in [3.05, 3.63) is 22.8 Å². The lowest BCUT2D eigenvalue weighted by Gasteiger charge is -2.38. The summed E-state index contributed by atoms with van der Waals surface area (Å²) in [6.45, 7) is 0.663. The van der Waals surface area contributed by atoms with Crippen LogP contribution in [0.5, 0.6) is 0 Å². The highest BCUT2D eigenvalue weighted by Gasteiger charge is 2.40. The second-order valence-corrected chi connectivity index (χ2v) is 6.53. The fourth-order valence-corrected chi connectivity index (χ4v) is 3.63. The molecule has 1 aliphatic carbocycles. The summed E-state index contributed by atoms with van der Waals surface area (Å²) in [5.41, 5.74) is -0.892. The molecule has 1 saturated heterocycles. The molecule has 1 aromatic rings. The molecule has 2 aliphatic rings. The molecule has 1 spiro atoms. The molecule has 2 fully saturated rings. The van der Waals surface area contributed by atoms with E-state index in [9.17, 15) is 13.2 Å². The van der Waals surface area contributed by atoms with Crippen molar-refractivity contribution in [1.82, 2.24) is 4.98 Å². The van der Waals surface area contributed by atoms with Gasteiger partial charge in [-0.1, -0.05) is 24.4 Å². The molecule has 1 aromatic heterocycles. The van der Waals surface area contributed by atoms with Gasteiger partial charge in [-0.3, -0.25) is 0 Å². The number of hydrogen-bond donors (Lipinski definition) is 1. The number of alkyl halides is 3. The van der Waals surface area contributed by atoms with Crippen LogP contribution in [0.2, 0.25) is 5.02 Å². The SMILES string of the molecule is FC(F)(F)c1cnc(NC2CCOC3(CCCC3)C2)c(Cl)c1. The van der Waals surface area contributed by atoms with E-state index >= 15 is 0 Å². The lowest BCUT2D eigenvalue weighted by molar-refractivity contribution is -0.137. The monoisotopic (exact) mass is 334 g/mol. The summed E-state index contributed by atoms with van der Waals surface area (Å²) in [6.07, 6.45) is 2.50. The molecule has 1 N–H and O–H groups in total. The molecule has 1 atom stereocenters. The molecule has 1 aliphatic heterocycles. The van der Waals surface area contributed by atoms with Crippen LogP contribution in [0.4, 0.5) is 19.0 Å². The number of anilines is 1. The predicted octanol–water partition coefficient (Wildman–Crippen LogP) is 4.66. The van der Waals surface area contributed by atoms with Crippen LogP contribution >= 0.6 is 11.6 Å². The molecule has 0 radical (unpaired) electrons. The molecular formula is C15H18ClF3N2O. The van der Waals surface area contributed by atoms with Gasteiger partial charge in [0.1, 0.15) is 5.82 Å². The van der Waals surface area contributed by atoms with Crippen LogP contribution in [-0.4, -0.2) is 23.2 Å². The molecule has 7 heteroatoms. The molecule has 0 amide bonds. The molecule has 3 nitrogen and oxygen atoms in total. The number of halogens is 4. The van der Waals surface area contributed by atoms with E-state index in [2.05, 4.69) is 10.3 Å². The number of hydrogen-bond acceptors (Lipinski definition) is 3. The van der Waals surface area contributed by atoms with Crippen molar-refractivity contribution in [2.24, 2.45) is 0 Å². The van der Waals surface area contributed by atoms with Crippen LogP contribution < -0.4 is 5.32 Å². The third kappa shape index (κ3) is 3.33. The molecule has 1 unspecified atom stereocenters. The molecule has 0 aromatic carbocycles. The Hall–Kier alpha value is -1.01. The normalized spacial score (nSPS) is 24.6. The summed E-state index contributed by atoms with van der Waals surface area (Å²) in [4.78, 5) is 3.85. The van der Waals surface area contributed by atoms with Crippen LogP contribution in [0.1, 0.15) is 44.1 Å². The molecule has 0 bridgehead atoms. The number of rotatable bonds is 2. The summed E-state index contributed by atoms with van der Waals surface area (Å²) in [5, 5.41) is 3.19. The lowest BCUT2D eigenvalue weighted by Crippen LogP contribution is -2.42. The van der Waals surface area contributed by atoms with E-state index in [1.54, 1.807) is 0 Å². The van der Waals surface area contributed by atoms with Gasteiger partial charge in [-0.15, -0.1) is 0 Å². The van der Waals surface area contributed by atoms with E-state index in [-0.39, 0.29) is 16.7 Å². The van der Waals surface area contributed by atoms with Crippen molar-refractivity contribution in [3.8, 4) is 0 Å². The highest BCUT2D eigenvalue weighted by Crippen LogP contribution is 2.41. The Balaban J connectivity index is 1.70. The molecule has 3 rings (SSSR count). The average molecular weight is 335 g/mol. The zero-order valence-corrected chi connectivity index (χ0v) is 12.8. The third-order valence-corrected chi connectivity index (χ3v) is 4.81. The highest BCUT2D eigenvalue weighted by atomic mass is 35.5. The maximum absolute atomic E-state index is 12.6. The number of aromatic nitrogens is 1. The van der Waals surface area contributed by atoms with Crippen molar-refractivity contribution in [2.45, 2.75) is 56.3 Å². The Morgan fingerprint density at radius 3 is 2.68 bits per heavy atom. The molecule has 2 heterocycles. The minimum absolute atomic E-state index is 0.00166. The quantitative estimate of drug-likeness (QED) is 0.854. The molecule has 1 saturated carbocycles. The lowest BCUT2D eigenvalue weighted by atomic mass is 9.89. The smallest absolute Gasteiger partial charge is 0.375 e. The van der Waals surface area contributed by atoms with Gasteiger partial charge in [0, 0.05) is 18.8 Å². The number of ether oxygens (including phenoxy) is 1. The van der Waals surface area contributed by atoms with E-state index in [1.165, 1.54) is 12.8 Å². The van der Waals surface area contributed by atoms with Crippen molar-refractivity contribution < 1.29 is 17.9 Å². The van der Waals surface area contributed by atoms with Crippen molar-refractivity contribution in [2.75, 3.05) is 11.9 Å². The Labute approximate surface area is 132 Å². The fourth-order valence-electron chi connectivity index (χ4n) is 3.41. The van der Waals surface area contributed by atoms with Gasteiger partial charge in [0.25, 0.3) is 0 Å². The summed E-state index contributed by atoms with van der Waals surface area (Å²) >= 11 is 5.95. The maximum atomic E-state index is 12.6. The molecule has 22 heavy (non-hydrogen) atoms. The van der Waals surface area contributed by atoms with Crippen molar-refractivity contribution >= 4 is 17.4 Å². The van der Waals surface area contributed by atoms with Gasteiger partial charge < -0.3 is 10.1 Å². The van der Waals surface area contributed by atoms with E-state index in [0.717, 1.165) is 37.9 Å². The van der Waals surface area contributed by atoms with Gasteiger partial charge in [0.15, 0.2) is 0 Å². The topological polar surface area (TPSA) is 34.2 Å². The van der Waals surface area contributed by atoms with E-state index < -0.39 is 11.7 Å². The van der Waals surface area contributed by atoms with Crippen LogP contribution in [0.15, 0.2) is 12.3 Å². The van der Waals surface area contributed by atoms with Crippen molar-refractivity contribution in [3.63, 3.8) is 0 Å². The summed E-state index contributed by atoms with van der Waals surface area (Å²) in [6, 6.07) is 1.05.